The van der Waals surface area contributed by atoms with Gasteiger partial charge in [-0.15, -0.1) is 107 Å². The Balaban J connectivity index is 0.00000574. The standard InChI is InChI=1S/C68H43N4.Ir/c1-4-18-47(19-5-1)50-24-16-26-52(38-50)66-36-34-54(43-69-66)60-28-10-12-30-62(60)56-40-57(42-58(41-56)64-32-14-15-33-65(64)59-45-71-68(72-46-59)49-22-8-3-9-23-49)63-31-13-11-29-61(63)55-35-37-67(70-44-55)53-27-17-25-51(39-53)48-20-6-2-7-21-48;/h1-22,24-25,28-46H;/q-3;+3. The molecule has 0 atom stereocenters. The van der Waals surface area contributed by atoms with E-state index in [1.807, 2.05) is 73.3 Å². The van der Waals surface area contributed by atoms with E-state index >= 15 is 0 Å². The van der Waals surface area contributed by atoms with Crippen LogP contribution in [0.2, 0.25) is 0 Å². The Kier molecular flexibility index (Phi) is 13.4. The van der Waals surface area contributed by atoms with Gasteiger partial charge < -0.3 is 9.97 Å². The molecule has 0 aliphatic rings. The molecule has 0 unspecified atom stereocenters. The SMILES string of the molecule is [Ir+3].[c-]1ccc(-c2ccccc2)cc1-c1ccc(-c2ccccc2-c2cc(-c3ccccc3-c3ccc(-c4[c-]ccc(-c5ccccc5)c4)nc3)cc(-c3ccccc3-c3cnc(-c4[c-]cccc4)nc3)c2)cn1. The quantitative estimate of drug-likeness (QED) is 0.121. The Bertz CT molecular complexity index is 3630. The van der Waals surface area contributed by atoms with Crippen LogP contribution in [0.4, 0.5) is 0 Å². The largest absolute Gasteiger partial charge is 3.00 e. The van der Waals surface area contributed by atoms with E-state index in [4.69, 9.17) is 19.9 Å². The number of pyridine rings is 2. The van der Waals surface area contributed by atoms with Crippen molar-refractivity contribution >= 4 is 0 Å². The zero-order valence-electron chi connectivity index (χ0n) is 39.4. The van der Waals surface area contributed by atoms with Crippen LogP contribution in [0.3, 0.4) is 0 Å². The number of rotatable bonds is 11. The summed E-state index contributed by atoms with van der Waals surface area (Å²) in [4.78, 5) is 19.7. The minimum Gasteiger partial charge on any atom is -0.304 e. The predicted molar refractivity (Wildman–Crippen MR) is 294 cm³/mol. The molecule has 0 spiro atoms. The van der Waals surface area contributed by atoms with Gasteiger partial charge in [0.05, 0.1) is 5.82 Å². The van der Waals surface area contributed by atoms with Crippen LogP contribution in [-0.2, 0) is 20.1 Å². The van der Waals surface area contributed by atoms with Crippen LogP contribution >= 0.6 is 0 Å². The monoisotopic (exact) mass is 1110 g/mol. The molecule has 0 radical (unpaired) electrons. The molecule has 0 N–H and O–H groups in total. The Morgan fingerprint density at radius 2 is 0.603 bits per heavy atom. The second-order valence-electron chi connectivity index (χ2n) is 17.6. The fourth-order valence-corrected chi connectivity index (χ4v) is 9.47. The molecule has 0 aliphatic carbocycles. The third-order valence-electron chi connectivity index (χ3n) is 13.1. The summed E-state index contributed by atoms with van der Waals surface area (Å²) in [5, 5.41) is 0. The van der Waals surface area contributed by atoms with Gasteiger partial charge in [0, 0.05) is 30.4 Å². The zero-order chi connectivity index (χ0) is 48.1. The fourth-order valence-electron chi connectivity index (χ4n) is 9.47. The van der Waals surface area contributed by atoms with E-state index in [0.717, 1.165) is 117 Å². The Labute approximate surface area is 439 Å². The summed E-state index contributed by atoms with van der Waals surface area (Å²) >= 11 is 0. The molecule has 5 heteroatoms. The summed E-state index contributed by atoms with van der Waals surface area (Å²) in [5.74, 6) is 0.636. The smallest absolute Gasteiger partial charge is 0.304 e. The van der Waals surface area contributed by atoms with Crippen LogP contribution in [0.5, 0.6) is 0 Å². The average molecular weight is 1110 g/mol. The van der Waals surface area contributed by atoms with Gasteiger partial charge in [-0.25, -0.2) is 0 Å². The first kappa shape index (κ1) is 46.4. The summed E-state index contributed by atoms with van der Waals surface area (Å²) in [5.41, 5.74) is 21.7. The van der Waals surface area contributed by atoms with E-state index < -0.39 is 0 Å². The maximum absolute atomic E-state index is 5.03. The zero-order valence-corrected chi connectivity index (χ0v) is 41.8. The van der Waals surface area contributed by atoms with E-state index in [-0.39, 0.29) is 20.1 Å². The molecule has 344 valence electrons. The molecular formula is C68H43IrN4. The fraction of sp³-hybridized carbons (Fsp3) is 0. The molecule has 0 aliphatic heterocycles. The van der Waals surface area contributed by atoms with Crippen molar-refractivity contribution in [3.05, 3.63) is 280 Å². The van der Waals surface area contributed by atoms with Crippen molar-refractivity contribution in [3.8, 4) is 123 Å². The average Bonchev–Trinajstić information content (AvgIpc) is 3.48. The first-order chi connectivity index (χ1) is 35.7. The molecule has 3 heterocycles. The molecule has 4 nitrogen and oxygen atoms in total. The topological polar surface area (TPSA) is 51.6 Å². The van der Waals surface area contributed by atoms with Gasteiger partial charge in [0.2, 0.25) is 0 Å². The number of aromatic nitrogens is 4. The third kappa shape index (κ3) is 9.89. The molecule has 3 aromatic heterocycles. The summed E-state index contributed by atoms with van der Waals surface area (Å²) in [6.45, 7) is 0. The van der Waals surface area contributed by atoms with Gasteiger partial charge in [0.15, 0.2) is 0 Å². The number of hydrogen-bond acceptors (Lipinski definition) is 4. The van der Waals surface area contributed by atoms with Crippen LogP contribution in [0.25, 0.3) is 123 Å². The molecule has 0 fully saturated rings. The summed E-state index contributed by atoms with van der Waals surface area (Å²) < 4.78 is 0. The van der Waals surface area contributed by atoms with E-state index in [1.165, 1.54) is 0 Å². The molecule has 0 saturated heterocycles. The Morgan fingerprint density at radius 1 is 0.233 bits per heavy atom. The van der Waals surface area contributed by atoms with Crippen molar-refractivity contribution < 1.29 is 20.1 Å². The van der Waals surface area contributed by atoms with Crippen LogP contribution in [0.15, 0.2) is 261 Å². The van der Waals surface area contributed by atoms with Crippen LogP contribution < -0.4 is 0 Å². The van der Waals surface area contributed by atoms with Crippen molar-refractivity contribution in [2.75, 3.05) is 0 Å². The Morgan fingerprint density at radius 3 is 1.00 bits per heavy atom. The first-order valence-electron chi connectivity index (χ1n) is 24.0. The second-order valence-corrected chi connectivity index (χ2v) is 17.6. The van der Waals surface area contributed by atoms with Gasteiger partial charge in [-0.05, 0) is 102 Å². The van der Waals surface area contributed by atoms with Crippen LogP contribution in [0, 0.1) is 18.2 Å². The van der Waals surface area contributed by atoms with E-state index in [0.29, 0.717) is 5.82 Å². The van der Waals surface area contributed by atoms with Gasteiger partial charge in [-0.3, -0.25) is 9.97 Å². The molecule has 9 aromatic carbocycles. The molecule has 12 aromatic rings. The normalized spacial score (nSPS) is 10.9. The van der Waals surface area contributed by atoms with E-state index in [2.05, 4.69) is 206 Å². The van der Waals surface area contributed by atoms with Gasteiger partial charge in [0.25, 0.3) is 0 Å². The second kappa shape index (κ2) is 21.2. The summed E-state index contributed by atoms with van der Waals surface area (Å²) in [6, 6.07) is 92.4. The molecule has 0 saturated carbocycles. The van der Waals surface area contributed by atoms with Crippen molar-refractivity contribution in [3.63, 3.8) is 0 Å². The molecule has 73 heavy (non-hydrogen) atoms. The minimum absolute atomic E-state index is 0. The van der Waals surface area contributed by atoms with Gasteiger partial charge in [-0.2, -0.15) is 0 Å². The van der Waals surface area contributed by atoms with Crippen molar-refractivity contribution in [2.24, 2.45) is 0 Å². The predicted octanol–water partition coefficient (Wildman–Crippen LogP) is 17.0. The number of benzene rings is 9. The first-order valence-corrected chi connectivity index (χ1v) is 24.0. The minimum atomic E-state index is 0. The van der Waals surface area contributed by atoms with E-state index in [1.54, 1.807) is 0 Å². The van der Waals surface area contributed by atoms with Gasteiger partial charge >= 0.3 is 20.1 Å². The summed E-state index contributed by atoms with van der Waals surface area (Å²) in [6.07, 6.45) is 7.79. The van der Waals surface area contributed by atoms with Crippen molar-refractivity contribution in [1.82, 2.24) is 19.9 Å². The maximum atomic E-state index is 5.03. The van der Waals surface area contributed by atoms with Crippen molar-refractivity contribution in [2.45, 2.75) is 0 Å². The number of nitrogens with zero attached hydrogens (tertiary/aromatic N) is 4. The molecule has 0 amide bonds. The van der Waals surface area contributed by atoms with Crippen LogP contribution in [-0.4, -0.2) is 19.9 Å². The molecular weight excluding hydrogens is 1060 g/mol. The maximum Gasteiger partial charge on any atom is 3.00 e. The van der Waals surface area contributed by atoms with Gasteiger partial charge in [0.1, 0.15) is 0 Å². The molecule has 0 bridgehead atoms. The van der Waals surface area contributed by atoms with Crippen molar-refractivity contribution in [1.29, 1.82) is 0 Å². The molecule has 12 rings (SSSR count). The third-order valence-corrected chi connectivity index (χ3v) is 13.1. The van der Waals surface area contributed by atoms with Crippen LogP contribution in [0.1, 0.15) is 0 Å². The van der Waals surface area contributed by atoms with E-state index in [9.17, 15) is 0 Å². The van der Waals surface area contributed by atoms with Gasteiger partial charge in [-0.1, -0.05) is 158 Å². The summed E-state index contributed by atoms with van der Waals surface area (Å²) in [7, 11) is 0. The Hall–Kier alpha value is -8.99. The number of hydrogen-bond donors (Lipinski definition) is 0.